The predicted octanol–water partition coefficient (Wildman–Crippen LogP) is 1.62. The molecule has 0 spiro atoms. The molecule has 0 aliphatic carbocycles. The smallest absolute Gasteiger partial charge is 0.308 e. The molecule has 2 heterocycles. The van der Waals surface area contributed by atoms with Crippen LogP contribution in [0.1, 0.15) is 11.5 Å². The molecule has 1 aromatic carbocycles. The molecule has 1 aliphatic rings. The molecule has 2 atom stereocenters. The van der Waals surface area contributed by atoms with Crippen LogP contribution in [-0.4, -0.2) is 29.1 Å². The van der Waals surface area contributed by atoms with E-state index in [9.17, 15) is 9.90 Å². The summed E-state index contributed by atoms with van der Waals surface area (Å²) >= 11 is 0. The Kier molecular flexibility index (Phi) is 2.72. The van der Waals surface area contributed by atoms with Gasteiger partial charge < -0.3 is 10.4 Å². The lowest BCUT2D eigenvalue weighted by Gasteiger charge is -2.15. The fraction of sp³-hybridized carbons (Fsp3) is 0.286. The van der Waals surface area contributed by atoms with Crippen molar-refractivity contribution in [1.29, 1.82) is 0 Å². The molecule has 0 saturated carbocycles. The summed E-state index contributed by atoms with van der Waals surface area (Å²) in [7, 11) is 0. The lowest BCUT2D eigenvalue weighted by atomic mass is 9.88. The number of rotatable bonds is 2. The highest BCUT2D eigenvalue weighted by molar-refractivity contribution is 5.82. The Labute approximate surface area is 105 Å². The summed E-state index contributed by atoms with van der Waals surface area (Å²) in [5.74, 6) is -0.996. The van der Waals surface area contributed by atoms with Crippen molar-refractivity contribution in [3.8, 4) is 0 Å². The molecule has 92 valence electrons. The van der Waals surface area contributed by atoms with Gasteiger partial charge in [0.1, 0.15) is 0 Å². The van der Waals surface area contributed by atoms with E-state index in [-0.39, 0.29) is 11.8 Å². The molecule has 3 rings (SSSR count). The summed E-state index contributed by atoms with van der Waals surface area (Å²) < 4.78 is 0. The summed E-state index contributed by atoms with van der Waals surface area (Å²) in [6.45, 7) is 1.28. The van der Waals surface area contributed by atoms with Gasteiger partial charge in [0.2, 0.25) is 0 Å². The monoisotopic (exact) mass is 242 g/mol. The van der Waals surface area contributed by atoms with E-state index in [2.05, 4.69) is 16.4 Å². The van der Waals surface area contributed by atoms with Gasteiger partial charge in [-0.25, -0.2) is 0 Å². The molecule has 2 aromatic rings. The zero-order chi connectivity index (χ0) is 12.5. The van der Waals surface area contributed by atoms with E-state index in [1.807, 2.05) is 24.4 Å². The van der Waals surface area contributed by atoms with Crippen molar-refractivity contribution in [1.82, 2.24) is 10.3 Å². The number of nitrogens with zero attached hydrogens (tertiary/aromatic N) is 1. The quantitative estimate of drug-likeness (QED) is 0.840. The van der Waals surface area contributed by atoms with Crippen LogP contribution in [0.5, 0.6) is 0 Å². The first kappa shape index (κ1) is 11.2. The molecule has 18 heavy (non-hydrogen) atoms. The number of aromatic nitrogens is 1. The van der Waals surface area contributed by atoms with Gasteiger partial charge in [-0.1, -0.05) is 18.2 Å². The number of pyridine rings is 1. The Morgan fingerprint density at radius 2 is 2.17 bits per heavy atom. The van der Waals surface area contributed by atoms with Crippen molar-refractivity contribution in [2.24, 2.45) is 5.92 Å². The number of nitrogens with one attached hydrogen (secondary N) is 1. The summed E-state index contributed by atoms with van der Waals surface area (Å²) in [5.41, 5.74) is 1.09. The molecule has 1 saturated heterocycles. The highest BCUT2D eigenvalue weighted by atomic mass is 16.4. The SMILES string of the molecule is O=C(O)C1CNCC1c1ccc2cnccc2c1. The van der Waals surface area contributed by atoms with E-state index in [0.717, 1.165) is 22.9 Å². The molecule has 4 heteroatoms. The van der Waals surface area contributed by atoms with Gasteiger partial charge in [0, 0.05) is 36.8 Å². The number of fused-ring (bicyclic) bond motifs is 1. The average molecular weight is 242 g/mol. The molecule has 0 bridgehead atoms. The van der Waals surface area contributed by atoms with Crippen LogP contribution in [0.2, 0.25) is 0 Å². The van der Waals surface area contributed by atoms with E-state index in [1.165, 1.54) is 0 Å². The van der Waals surface area contributed by atoms with E-state index < -0.39 is 5.97 Å². The number of carboxylic acid groups (broad SMARTS) is 1. The minimum atomic E-state index is -0.722. The first-order valence-corrected chi connectivity index (χ1v) is 6.03. The third-order valence-electron chi connectivity index (χ3n) is 3.62. The lowest BCUT2D eigenvalue weighted by molar-refractivity contribution is -0.141. The van der Waals surface area contributed by atoms with E-state index in [1.54, 1.807) is 6.20 Å². The molecule has 1 fully saturated rings. The largest absolute Gasteiger partial charge is 0.481 e. The molecular weight excluding hydrogens is 228 g/mol. The molecule has 0 amide bonds. The molecule has 4 nitrogen and oxygen atoms in total. The Morgan fingerprint density at radius 3 is 3.00 bits per heavy atom. The van der Waals surface area contributed by atoms with Crippen molar-refractivity contribution < 1.29 is 9.90 Å². The van der Waals surface area contributed by atoms with Gasteiger partial charge in [0.25, 0.3) is 0 Å². The van der Waals surface area contributed by atoms with Crippen molar-refractivity contribution in [2.75, 3.05) is 13.1 Å². The van der Waals surface area contributed by atoms with Crippen LogP contribution < -0.4 is 5.32 Å². The second kappa shape index (κ2) is 4.38. The normalized spacial score (nSPS) is 23.3. The topological polar surface area (TPSA) is 62.2 Å². The predicted molar refractivity (Wildman–Crippen MR) is 68.5 cm³/mol. The van der Waals surface area contributed by atoms with Crippen molar-refractivity contribution in [2.45, 2.75) is 5.92 Å². The van der Waals surface area contributed by atoms with Crippen LogP contribution in [0.3, 0.4) is 0 Å². The number of carboxylic acids is 1. The maximum atomic E-state index is 11.2. The van der Waals surface area contributed by atoms with Crippen LogP contribution in [0.25, 0.3) is 10.8 Å². The van der Waals surface area contributed by atoms with Gasteiger partial charge >= 0.3 is 5.97 Å². The summed E-state index contributed by atoms with van der Waals surface area (Å²) in [6.07, 6.45) is 3.58. The van der Waals surface area contributed by atoms with Crippen LogP contribution in [0.4, 0.5) is 0 Å². The van der Waals surface area contributed by atoms with E-state index in [0.29, 0.717) is 6.54 Å². The van der Waals surface area contributed by atoms with Crippen LogP contribution in [0.15, 0.2) is 36.7 Å². The van der Waals surface area contributed by atoms with Gasteiger partial charge in [-0.2, -0.15) is 0 Å². The van der Waals surface area contributed by atoms with Gasteiger partial charge in [0.15, 0.2) is 0 Å². The Hall–Kier alpha value is -1.94. The van der Waals surface area contributed by atoms with Gasteiger partial charge in [-0.3, -0.25) is 9.78 Å². The number of carbonyl (C=O) groups is 1. The van der Waals surface area contributed by atoms with Crippen molar-refractivity contribution in [3.63, 3.8) is 0 Å². The lowest BCUT2D eigenvalue weighted by Crippen LogP contribution is -2.20. The molecule has 0 radical (unpaired) electrons. The first-order valence-electron chi connectivity index (χ1n) is 6.03. The second-order valence-electron chi connectivity index (χ2n) is 4.69. The average Bonchev–Trinajstić information content (AvgIpc) is 2.87. The summed E-state index contributed by atoms with van der Waals surface area (Å²) in [4.78, 5) is 15.3. The van der Waals surface area contributed by atoms with Gasteiger partial charge in [0.05, 0.1) is 5.92 Å². The zero-order valence-corrected chi connectivity index (χ0v) is 9.84. The molecule has 2 unspecified atom stereocenters. The number of benzene rings is 1. The van der Waals surface area contributed by atoms with Crippen molar-refractivity contribution in [3.05, 3.63) is 42.2 Å². The van der Waals surface area contributed by atoms with Crippen LogP contribution >= 0.6 is 0 Å². The molecule has 2 N–H and O–H groups in total. The molecular formula is C14H14N2O2. The second-order valence-corrected chi connectivity index (χ2v) is 4.69. The Balaban J connectivity index is 2.01. The van der Waals surface area contributed by atoms with Gasteiger partial charge in [-0.05, 0) is 17.0 Å². The highest BCUT2D eigenvalue weighted by Gasteiger charge is 2.33. The fourth-order valence-corrected chi connectivity index (χ4v) is 2.62. The zero-order valence-electron chi connectivity index (χ0n) is 9.84. The standard InChI is InChI=1S/C14H14N2O2/c17-14(18)13-8-16-7-12(13)10-1-2-11-6-15-4-3-9(11)5-10/h1-6,12-13,16H,7-8H2,(H,17,18). The Morgan fingerprint density at radius 1 is 1.28 bits per heavy atom. The minimum Gasteiger partial charge on any atom is -0.481 e. The van der Waals surface area contributed by atoms with Gasteiger partial charge in [-0.15, -0.1) is 0 Å². The molecule has 1 aromatic heterocycles. The van der Waals surface area contributed by atoms with Crippen molar-refractivity contribution >= 4 is 16.7 Å². The summed E-state index contributed by atoms with van der Waals surface area (Å²) in [6, 6.07) is 8.05. The Bertz CT molecular complexity index is 597. The fourth-order valence-electron chi connectivity index (χ4n) is 2.62. The highest BCUT2D eigenvalue weighted by Crippen LogP contribution is 2.30. The summed E-state index contributed by atoms with van der Waals surface area (Å²) in [5, 5.41) is 14.6. The van der Waals surface area contributed by atoms with E-state index >= 15 is 0 Å². The van der Waals surface area contributed by atoms with E-state index in [4.69, 9.17) is 0 Å². The number of hydrogen-bond donors (Lipinski definition) is 2. The minimum absolute atomic E-state index is 0.0556. The molecule has 1 aliphatic heterocycles. The third kappa shape index (κ3) is 1.84. The first-order chi connectivity index (χ1) is 8.75. The maximum Gasteiger partial charge on any atom is 0.308 e. The number of hydrogen-bond acceptors (Lipinski definition) is 3. The maximum absolute atomic E-state index is 11.2. The number of aliphatic carboxylic acids is 1. The third-order valence-corrected chi connectivity index (χ3v) is 3.62. The van der Waals surface area contributed by atoms with Crippen LogP contribution in [0, 0.1) is 5.92 Å². The van der Waals surface area contributed by atoms with Crippen LogP contribution in [-0.2, 0) is 4.79 Å².